The van der Waals surface area contributed by atoms with Crippen molar-refractivity contribution in [1.82, 2.24) is 25.1 Å². The lowest BCUT2D eigenvalue weighted by atomic mass is 9.94. The number of likely N-dealkylation sites (tertiary alicyclic amines) is 1. The zero-order valence-corrected chi connectivity index (χ0v) is 14.0. The zero-order valence-electron chi connectivity index (χ0n) is 13.2. The van der Waals surface area contributed by atoms with Crippen molar-refractivity contribution in [3.8, 4) is 5.06 Å². The van der Waals surface area contributed by atoms with Crippen molar-refractivity contribution < 1.29 is 9.53 Å². The molecule has 0 saturated carbocycles. The second-order valence-corrected chi connectivity index (χ2v) is 6.83. The third-order valence-electron chi connectivity index (χ3n) is 4.33. The molecule has 1 saturated heterocycles. The topological polar surface area (TPSA) is 84.0 Å². The van der Waals surface area contributed by atoms with E-state index in [-0.39, 0.29) is 11.8 Å². The molecule has 1 atom stereocenters. The van der Waals surface area contributed by atoms with Gasteiger partial charge in [-0.1, -0.05) is 11.3 Å². The Hall–Kier alpha value is -2.48. The standard InChI is InChI=1S/C16H17N5O2S/c1-23-12-5-4-11(24-12)16(22)21-8-2-3-10(9-21)13-14-15(20-19-13)18-7-6-17-14/h4-7,10H,2-3,8-9H2,1H3,(H,18,19,20)/t10-/m1/s1. The van der Waals surface area contributed by atoms with Gasteiger partial charge >= 0.3 is 0 Å². The summed E-state index contributed by atoms with van der Waals surface area (Å²) in [5, 5.41) is 8.04. The van der Waals surface area contributed by atoms with Gasteiger partial charge in [0.1, 0.15) is 5.52 Å². The summed E-state index contributed by atoms with van der Waals surface area (Å²) in [5.41, 5.74) is 2.40. The van der Waals surface area contributed by atoms with Crippen LogP contribution in [0.3, 0.4) is 0 Å². The molecule has 124 valence electrons. The number of thiophene rings is 1. The largest absolute Gasteiger partial charge is 0.487 e. The molecule has 8 heteroatoms. The van der Waals surface area contributed by atoms with Crippen LogP contribution in [0.4, 0.5) is 0 Å². The summed E-state index contributed by atoms with van der Waals surface area (Å²) in [6.45, 7) is 1.43. The van der Waals surface area contributed by atoms with Crippen LogP contribution in [0.5, 0.6) is 5.06 Å². The van der Waals surface area contributed by atoms with Gasteiger partial charge in [-0.05, 0) is 25.0 Å². The predicted molar refractivity (Wildman–Crippen MR) is 90.4 cm³/mol. The Morgan fingerprint density at radius 2 is 2.25 bits per heavy atom. The SMILES string of the molecule is COc1ccc(C(=O)N2CCC[C@@H](c3[nH]nc4nccnc34)C2)s1. The van der Waals surface area contributed by atoms with Gasteiger partial charge in [0.2, 0.25) is 0 Å². The highest BCUT2D eigenvalue weighted by Gasteiger charge is 2.29. The molecule has 7 nitrogen and oxygen atoms in total. The minimum absolute atomic E-state index is 0.0582. The minimum atomic E-state index is 0.0582. The smallest absolute Gasteiger partial charge is 0.264 e. The molecule has 1 amide bonds. The number of hydrogen-bond donors (Lipinski definition) is 1. The van der Waals surface area contributed by atoms with Gasteiger partial charge in [0.05, 0.1) is 17.7 Å². The first-order chi connectivity index (χ1) is 11.8. The van der Waals surface area contributed by atoms with Crippen LogP contribution in [0.15, 0.2) is 24.5 Å². The van der Waals surface area contributed by atoms with Crippen molar-refractivity contribution in [2.45, 2.75) is 18.8 Å². The Bertz CT molecular complexity index is 874. The highest BCUT2D eigenvalue weighted by molar-refractivity contribution is 7.15. The van der Waals surface area contributed by atoms with Gasteiger partial charge in [-0.15, -0.1) is 0 Å². The maximum atomic E-state index is 12.7. The molecule has 4 rings (SSSR count). The van der Waals surface area contributed by atoms with Crippen LogP contribution in [-0.4, -0.2) is 51.2 Å². The number of aromatic amines is 1. The van der Waals surface area contributed by atoms with E-state index < -0.39 is 0 Å². The highest BCUT2D eigenvalue weighted by atomic mass is 32.1. The number of amides is 1. The first-order valence-electron chi connectivity index (χ1n) is 7.84. The molecule has 0 bridgehead atoms. The first kappa shape index (κ1) is 15.1. The zero-order chi connectivity index (χ0) is 16.5. The van der Waals surface area contributed by atoms with E-state index in [9.17, 15) is 4.79 Å². The highest BCUT2D eigenvalue weighted by Crippen LogP contribution is 2.31. The molecule has 3 aromatic rings. The predicted octanol–water partition coefficient (Wildman–Crippen LogP) is 2.44. The number of methoxy groups -OCH3 is 1. The number of piperidine rings is 1. The van der Waals surface area contributed by atoms with Crippen molar-refractivity contribution in [3.63, 3.8) is 0 Å². The fourth-order valence-electron chi connectivity index (χ4n) is 3.15. The van der Waals surface area contributed by atoms with Crippen molar-refractivity contribution in [1.29, 1.82) is 0 Å². The number of carbonyl (C=O) groups is 1. The summed E-state index contributed by atoms with van der Waals surface area (Å²) in [6.07, 6.45) is 5.27. The Labute approximate surface area is 142 Å². The second-order valence-electron chi connectivity index (χ2n) is 5.78. The molecule has 0 aromatic carbocycles. The van der Waals surface area contributed by atoms with E-state index in [4.69, 9.17) is 4.74 Å². The maximum Gasteiger partial charge on any atom is 0.264 e. The van der Waals surface area contributed by atoms with Crippen molar-refractivity contribution in [2.75, 3.05) is 20.2 Å². The summed E-state index contributed by atoms with van der Waals surface area (Å²) >= 11 is 1.38. The number of nitrogens with zero attached hydrogens (tertiary/aromatic N) is 4. The van der Waals surface area contributed by atoms with Crippen molar-refractivity contribution >= 4 is 28.4 Å². The monoisotopic (exact) mass is 343 g/mol. The van der Waals surface area contributed by atoms with Crippen LogP contribution in [0, 0.1) is 0 Å². The van der Waals surface area contributed by atoms with E-state index in [1.807, 2.05) is 17.0 Å². The van der Waals surface area contributed by atoms with Crippen molar-refractivity contribution in [2.24, 2.45) is 0 Å². The van der Waals surface area contributed by atoms with E-state index in [0.29, 0.717) is 17.1 Å². The molecule has 0 spiro atoms. The third-order valence-corrected chi connectivity index (χ3v) is 5.36. The van der Waals surface area contributed by atoms with E-state index in [1.54, 1.807) is 19.5 Å². The summed E-state index contributed by atoms with van der Waals surface area (Å²) in [7, 11) is 1.61. The first-order valence-corrected chi connectivity index (χ1v) is 8.66. The third kappa shape index (κ3) is 2.62. The normalized spacial score (nSPS) is 18.0. The van der Waals surface area contributed by atoms with E-state index in [0.717, 1.165) is 35.7 Å². The molecule has 4 heterocycles. The summed E-state index contributed by atoms with van der Waals surface area (Å²) < 4.78 is 5.18. The average molecular weight is 343 g/mol. The van der Waals surface area contributed by atoms with E-state index in [2.05, 4.69) is 20.2 Å². The molecular weight excluding hydrogens is 326 g/mol. The van der Waals surface area contributed by atoms with Crippen LogP contribution >= 0.6 is 11.3 Å². The summed E-state index contributed by atoms with van der Waals surface area (Å²) in [4.78, 5) is 23.9. The van der Waals surface area contributed by atoms with Gasteiger partial charge in [0.15, 0.2) is 10.7 Å². The van der Waals surface area contributed by atoms with Gasteiger partial charge < -0.3 is 9.64 Å². The molecule has 1 fully saturated rings. The molecular formula is C16H17N5O2S. The van der Waals surface area contributed by atoms with E-state index >= 15 is 0 Å². The maximum absolute atomic E-state index is 12.7. The second kappa shape index (κ2) is 6.20. The number of hydrogen-bond acceptors (Lipinski definition) is 6. The number of fused-ring (bicyclic) bond motifs is 1. The number of carbonyl (C=O) groups excluding carboxylic acids is 1. The van der Waals surface area contributed by atoms with Crippen LogP contribution in [-0.2, 0) is 0 Å². The van der Waals surface area contributed by atoms with E-state index in [1.165, 1.54) is 11.3 Å². The molecule has 1 aliphatic rings. The van der Waals surface area contributed by atoms with Gasteiger partial charge in [-0.2, -0.15) is 5.10 Å². The Balaban J connectivity index is 1.56. The van der Waals surface area contributed by atoms with Crippen LogP contribution < -0.4 is 4.74 Å². The number of H-pyrrole nitrogens is 1. The molecule has 0 aliphatic carbocycles. The molecule has 24 heavy (non-hydrogen) atoms. The Morgan fingerprint density at radius 3 is 3.08 bits per heavy atom. The lowest BCUT2D eigenvalue weighted by Crippen LogP contribution is -2.38. The Kier molecular flexibility index (Phi) is 3.89. The molecule has 1 aliphatic heterocycles. The fraction of sp³-hybridized carbons (Fsp3) is 0.375. The van der Waals surface area contributed by atoms with Crippen molar-refractivity contribution in [3.05, 3.63) is 35.1 Å². The fourth-order valence-corrected chi connectivity index (χ4v) is 3.94. The number of nitrogens with one attached hydrogen (secondary N) is 1. The van der Waals surface area contributed by atoms with Crippen LogP contribution in [0.25, 0.3) is 11.2 Å². The number of ether oxygens (including phenoxy) is 1. The lowest BCUT2D eigenvalue weighted by Gasteiger charge is -2.32. The minimum Gasteiger partial charge on any atom is -0.487 e. The van der Waals surface area contributed by atoms with Crippen LogP contribution in [0.1, 0.15) is 34.1 Å². The number of aromatic nitrogens is 4. The lowest BCUT2D eigenvalue weighted by molar-refractivity contribution is 0.0711. The molecule has 3 aromatic heterocycles. The molecule has 1 N–H and O–H groups in total. The van der Waals surface area contributed by atoms with Gasteiger partial charge in [0.25, 0.3) is 5.91 Å². The summed E-state index contributed by atoms with van der Waals surface area (Å²) in [5.74, 6) is 0.258. The van der Waals surface area contributed by atoms with Gasteiger partial charge in [-0.25, -0.2) is 9.97 Å². The quantitative estimate of drug-likeness (QED) is 0.790. The van der Waals surface area contributed by atoms with Crippen LogP contribution in [0.2, 0.25) is 0 Å². The van der Waals surface area contributed by atoms with Gasteiger partial charge in [-0.3, -0.25) is 9.89 Å². The van der Waals surface area contributed by atoms with Gasteiger partial charge in [0, 0.05) is 31.4 Å². The average Bonchev–Trinajstić information content (AvgIpc) is 3.28. The summed E-state index contributed by atoms with van der Waals surface area (Å²) in [6, 6.07) is 3.66. The molecule has 0 radical (unpaired) electrons. The molecule has 0 unspecified atom stereocenters. The Morgan fingerprint density at radius 1 is 1.38 bits per heavy atom. The number of rotatable bonds is 3.